The third-order valence-electron chi connectivity index (χ3n) is 2.21. The molecule has 1 aliphatic heterocycles. The predicted molar refractivity (Wildman–Crippen MR) is 48.8 cm³/mol. The van der Waals surface area contributed by atoms with Crippen LogP contribution in [0.2, 0.25) is 0 Å². The van der Waals surface area contributed by atoms with E-state index in [2.05, 4.69) is 0 Å². The largest absolute Gasteiger partial charge is 0.368 e. The van der Waals surface area contributed by atoms with Crippen LogP contribution in [-0.2, 0) is 9.53 Å². The van der Waals surface area contributed by atoms with Gasteiger partial charge in [-0.15, -0.1) is 0 Å². The summed E-state index contributed by atoms with van der Waals surface area (Å²) in [5.41, 5.74) is 10.5. The summed E-state index contributed by atoms with van der Waals surface area (Å²) in [7, 11) is 0. The van der Waals surface area contributed by atoms with Gasteiger partial charge in [0.05, 0.1) is 19.4 Å². The lowest BCUT2D eigenvalue weighted by molar-refractivity contribution is -0.124. The molecule has 1 fully saturated rings. The third-order valence-corrected chi connectivity index (χ3v) is 2.21. The lowest BCUT2D eigenvalue weighted by Gasteiger charge is -2.21. The van der Waals surface area contributed by atoms with E-state index in [4.69, 9.17) is 16.2 Å². The normalized spacial score (nSPS) is 23.6. The van der Waals surface area contributed by atoms with Crippen molar-refractivity contribution in [3.8, 4) is 0 Å². The molecular formula is C8H17N3O2. The summed E-state index contributed by atoms with van der Waals surface area (Å²) in [5.74, 6) is -0.256. The minimum absolute atomic E-state index is 0.141. The Balaban J connectivity index is 2.27. The van der Waals surface area contributed by atoms with Gasteiger partial charge in [-0.1, -0.05) is 0 Å². The first kappa shape index (κ1) is 10.4. The molecule has 5 heteroatoms. The topological polar surface area (TPSA) is 81.6 Å². The van der Waals surface area contributed by atoms with Gasteiger partial charge < -0.3 is 16.2 Å². The Morgan fingerprint density at radius 2 is 2.38 bits per heavy atom. The molecule has 1 heterocycles. The van der Waals surface area contributed by atoms with Gasteiger partial charge in [0.15, 0.2) is 0 Å². The van der Waals surface area contributed by atoms with Crippen LogP contribution >= 0.6 is 0 Å². The van der Waals surface area contributed by atoms with Crippen molar-refractivity contribution in [1.82, 2.24) is 4.90 Å². The number of carbonyl (C=O) groups excluding carboxylic acids is 1. The van der Waals surface area contributed by atoms with Crippen molar-refractivity contribution in [2.24, 2.45) is 11.5 Å². The maximum Gasteiger partial charge on any atom is 0.234 e. The van der Waals surface area contributed by atoms with Crippen molar-refractivity contribution in [3.05, 3.63) is 0 Å². The van der Waals surface area contributed by atoms with Crippen molar-refractivity contribution >= 4 is 5.91 Å². The fraction of sp³-hybridized carbons (Fsp3) is 0.875. The average Bonchev–Trinajstić information content (AvgIpc) is 2.53. The minimum Gasteiger partial charge on any atom is -0.368 e. The summed E-state index contributed by atoms with van der Waals surface area (Å²) >= 11 is 0. The van der Waals surface area contributed by atoms with E-state index in [1.165, 1.54) is 0 Å². The van der Waals surface area contributed by atoms with Crippen LogP contribution in [0.25, 0.3) is 0 Å². The maximum atomic E-state index is 10.9. The first-order chi connectivity index (χ1) is 6.25. The van der Waals surface area contributed by atoms with Crippen LogP contribution in [0, 0.1) is 0 Å². The molecule has 0 bridgehead atoms. The Labute approximate surface area is 78.0 Å². The fourth-order valence-electron chi connectivity index (χ4n) is 1.57. The van der Waals surface area contributed by atoms with Crippen LogP contribution in [0.5, 0.6) is 0 Å². The second-order valence-electron chi connectivity index (χ2n) is 3.20. The second kappa shape index (κ2) is 5.16. The van der Waals surface area contributed by atoms with E-state index >= 15 is 0 Å². The zero-order valence-electron chi connectivity index (χ0n) is 7.74. The van der Waals surface area contributed by atoms with E-state index < -0.39 is 0 Å². The number of hydrogen-bond donors (Lipinski definition) is 2. The molecule has 5 nitrogen and oxygen atoms in total. The lowest BCUT2D eigenvalue weighted by Crippen LogP contribution is -2.41. The number of rotatable bonds is 5. The van der Waals surface area contributed by atoms with E-state index in [1.54, 1.807) is 0 Å². The predicted octanol–water partition coefficient (Wildman–Crippen LogP) is -1.13. The number of likely N-dealkylation sites (tertiary alicyclic amines) is 1. The molecule has 4 N–H and O–H groups in total. The zero-order valence-corrected chi connectivity index (χ0v) is 7.74. The summed E-state index contributed by atoms with van der Waals surface area (Å²) in [6.45, 7) is 2.39. The van der Waals surface area contributed by atoms with Crippen LogP contribution < -0.4 is 11.5 Å². The number of primary amides is 1. The summed E-state index contributed by atoms with van der Waals surface area (Å²) in [6.07, 6.45) is 1.86. The van der Waals surface area contributed by atoms with Gasteiger partial charge in [-0.3, -0.25) is 9.69 Å². The van der Waals surface area contributed by atoms with E-state index in [-0.39, 0.29) is 11.9 Å². The molecule has 1 amide bonds. The monoisotopic (exact) mass is 187 g/mol. The summed E-state index contributed by atoms with van der Waals surface area (Å²) in [4.78, 5) is 12.9. The highest BCUT2D eigenvalue weighted by Gasteiger charge is 2.28. The highest BCUT2D eigenvalue weighted by atomic mass is 16.5. The van der Waals surface area contributed by atoms with Crippen LogP contribution in [0.1, 0.15) is 12.8 Å². The SMILES string of the molecule is NCCOCN1CCC[C@H]1C(N)=O. The summed E-state index contributed by atoms with van der Waals surface area (Å²) in [6, 6.07) is -0.141. The van der Waals surface area contributed by atoms with Crippen molar-refractivity contribution in [3.63, 3.8) is 0 Å². The van der Waals surface area contributed by atoms with Gasteiger partial charge in [0.2, 0.25) is 5.91 Å². The molecule has 0 spiro atoms. The van der Waals surface area contributed by atoms with Gasteiger partial charge in [0, 0.05) is 13.1 Å². The smallest absolute Gasteiger partial charge is 0.234 e. The van der Waals surface area contributed by atoms with E-state index in [0.717, 1.165) is 19.4 Å². The molecule has 0 aromatic heterocycles. The number of amides is 1. The molecule has 0 aliphatic carbocycles. The van der Waals surface area contributed by atoms with Crippen LogP contribution in [-0.4, -0.2) is 43.3 Å². The molecular weight excluding hydrogens is 170 g/mol. The molecule has 1 rings (SSSR count). The molecule has 76 valence electrons. The van der Waals surface area contributed by atoms with Crippen molar-refractivity contribution in [1.29, 1.82) is 0 Å². The van der Waals surface area contributed by atoms with Crippen LogP contribution in [0.15, 0.2) is 0 Å². The Morgan fingerprint density at radius 3 is 3.00 bits per heavy atom. The van der Waals surface area contributed by atoms with Gasteiger partial charge >= 0.3 is 0 Å². The van der Waals surface area contributed by atoms with Crippen molar-refractivity contribution < 1.29 is 9.53 Å². The number of nitrogens with zero attached hydrogens (tertiary/aromatic N) is 1. The van der Waals surface area contributed by atoms with E-state index in [1.807, 2.05) is 4.90 Å². The lowest BCUT2D eigenvalue weighted by atomic mass is 10.2. The summed E-state index contributed by atoms with van der Waals surface area (Å²) < 4.78 is 5.24. The van der Waals surface area contributed by atoms with Gasteiger partial charge in [-0.05, 0) is 12.8 Å². The molecule has 0 unspecified atom stereocenters. The number of carbonyl (C=O) groups is 1. The maximum absolute atomic E-state index is 10.9. The van der Waals surface area contributed by atoms with Crippen molar-refractivity contribution in [2.45, 2.75) is 18.9 Å². The fourth-order valence-corrected chi connectivity index (χ4v) is 1.57. The molecule has 0 aromatic rings. The number of ether oxygens (including phenoxy) is 1. The highest BCUT2D eigenvalue weighted by molar-refractivity contribution is 5.80. The molecule has 0 saturated carbocycles. The molecule has 0 radical (unpaired) electrons. The molecule has 13 heavy (non-hydrogen) atoms. The molecule has 1 saturated heterocycles. The standard InChI is InChI=1S/C8H17N3O2/c9-3-5-13-6-11-4-1-2-7(11)8(10)12/h7H,1-6,9H2,(H2,10,12)/t7-/m0/s1. The van der Waals surface area contributed by atoms with Gasteiger partial charge in [-0.2, -0.15) is 0 Å². The first-order valence-electron chi connectivity index (χ1n) is 4.57. The first-order valence-corrected chi connectivity index (χ1v) is 4.57. The van der Waals surface area contributed by atoms with Gasteiger partial charge in [-0.25, -0.2) is 0 Å². The van der Waals surface area contributed by atoms with E-state index in [9.17, 15) is 4.79 Å². The Morgan fingerprint density at radius 1 is 1.62 bits per heavy atom. The van der Waals surface area contributed by atoms with Crippen LogP contribution in [0.4, 0.5) is 0 Å². The minimum atomic E-state index is -0.256. The average molecular weight is 187 g/mol. The second-order valence-corrected chi connectivity index (χ2v) is 3.20. The third kappa shape index (κ3) is 2.95. The number of nitrogens with two attached hydrogens (primary N) is 2. The number of hydrogen-bond acceptors (Lipinski definition) is 4. The van der Waals surface area contributed by atoms with Crippen molar-refractivity contribution in [2.75, 3.05) is 26.4 Å². The molecule has 0 aromatic carbocycles. The van der Waals surface area contributed by atoms with Gasteiger partial charge in [0.25, 0.3) is 0 Å². The zero-order chi connectivity index (χ0) is 9.68. The van der Waals surface area contributed by atoms with E-state index in [0.29, 0.717) is 19.9 Å². The Kier molecular flexibility index (Phi) is 4.14. The highest BCUT2D eigenvalue weighted by Crippen LogP contribution is 2.15. The summed E-state index contributed by atoms with van der Waals surface area (Å²) in [5, 5.41) is 0. The van der Waals surface area contributed by atoms with Gasteiger partial charge in [0.1, 0.15) is 0 Å². The molecule has 1 atom stereocenters. The Bertz CT molecular complexity index is 175. The Hall–Kier alpha value is -0.650. The molecule has 1 aliphatic rings. The van der Waals surface area contributed by atoms with Crippen LogP contribution in [0.3, 0.4) is 0 Å². The quantitative estimate of drug-likeness (QED) is 0.533.